The van der Waals surface area contributed by atoms with Crippen LogP contribution in [0.3, 0.4) is 0 Å². The van der Waals surface area contributed by atoms with E-state index in [0.29, 0.717) is 62.4 Å². The van der Waals surface area contributed by atoms with Gasteiger partial charge in [-0.15, -0.1) is 11.3 Å². The molecule has 1 aliphatic heterocycles. The topological polar surface area (TPSA) is 126 Å². The number of carbonyl (C=O) groups is 3. The maximum Gasteiger partial charge on any atom is 0.331 e. The van der Waals surface area contributed by atoms with Crippen molar-refractivity contribution in [3.8, 4) is 11.6 Å². The van der Waals surface area contributed by atoms with Gasteiger partial charge in [-0.3, -0.25) is 14.5 Å². The zero-order valence-electron chi connectivity index (χ0n) is 22.8. The molecule has 2 atom stereocenters. The van der Waals surface area contributed by atoms with Crippen LogP contribution in [0.4, 0.5) is 21.9 Å². The molecular weight excluding hydrogens is 540 g/mol. The molecule has 4 amide bonds. The van der Waals surface area contributed by atoms with Gasteiger partial charge in [-0.2, -0.15) is 0 Å². The second-order valence-electron chi connectivity index (χ2n) is 10.2. The number of pyridine rings is 2. The lowest BCUT2D eigenvalue weighted by Crippen LogP contribution is -2.42. The third kappa shape index (κ3) is 5.20. The molecule has 1 saturated carbocycles. The highest BCUT2D eigenvalue weighted by atomic mass is 32.1. The third-order valence-corrected chi connectivity index (χ3v) is 8.65. The smallest absolute Gasteiger partial charge is 0.331 e. The van der Waals surface area contributed by atoms with Gasteiger partial charge < -0.3 is 20.7 Å². The minimum absolute atomic E-state index is 0.00517. The highest BCUT2D eigenvalue weighted by Crippen LogP contribution is 2.46. The van der Waals surface area contributed by atoms with Crippen LogP contribution >= 0.6 is 11.3 Å². The van der Waals surface area contributed by atoms with E-state index in [1.807, 2.05) is 44.2 Å². The molecule has 0 radical (unpaired) electrons. The second-order valence-corrected chi connectivity index (χ2v) is 11.2. The molecule has 1 fully saturated rings. The number of para-hydroxylation sites is 1. The van der Waals surface area contributed by atoms with Crippen LogP contribution in [0.1, 0.15) is 48.0 Å². The quantitative estimate of drug-likeness (QED) is 0.242. The van der Waals surface area contributed by atoms with E-state index in [1.54, 1.807) is 29.3 Å². The number of nitrogens with zero attached hydrogens (tertiary/aromatic N) is 3. The Bertz CT molecular complexity index is 1640. The number of rotatable bonds is 8. The van der Waals surface area contributed by atoms with E-state index in [1.165, 1.54) is 11.3 Å². The molecule has 4 heterocycles. The van der Waals surface area contributed by atoms with Crippen molar-refractivity contribution in [3.63, 3.8) is 0 Å². The summed E-state index contributed by atoms with van der Waals surface area (Å²) >= 11 is 1.25. The molecule has 0 bridgehead atoms. The van der Waals surface area contributed by atoms with Gasteiger partial charge in [0, 0.05) is 31.3 Å². The van der Waals surface area contributed by atoms with Crippen LogP contribution in [0.5, 0.6) is 11.6 Å². The van der Waals surface area contributed by atoms with E-state index >= 15 is 0 Å². The van der Waals surface area contributed by atoms with Gasteiger partial charge in [0.2, 0.25) is 11.8 Å². The van der Waals surface area contributed by atoms with Crippen LogP contribution in [0.15, 0.2) is 54.7 Å². The molecule has 1 aliphatic carbocycles. The standard InChI is InChI=1S/C30H30N6O4S/c1-3-23(37)32-16-18-8-7-11-20(18)34-28(38)27-26-25-22(14-15-31-29(25)41-27)36(30(39)35-26)21-12-13-24(33-17(21)2)40-19-9-5-4-6-10-19/h4-6,9-10,12-15,18,20H,3,7-8,11,16H2,1-2H3,(H,32,37)(H,34,38)(H,35,39)/t18-,20-/m1/s1. The number of ether oxygens (including phenoxy) is 1. The maximum atomic E-state index is 13.5. The number of urea groups is 1. The van der Waals surface area contributed by atoms with Crippen LogP contribution in [-0.4, -0.2) is 40.4 Å². The number of amides is 4. The zero-order valence-corrected chi connectivity index (χ0v) is 23.6. The van der Waals surface area contributed by atoms with Crippen LogP contribution in [-0.2, 0) is 4.79 Å². The minimum atomic E-state index is -0.389. The number of aromatic nitrogens is 2. The van der Waals surface area contributed by atoms with E-state index in [-0.39, 0.29) is 29.8 Å². The molecule has 0 saturated heterocycles. The van der Waals surface area contributed by atoms with Gasteiger partial charge in [-0.1, -0.05) is 31.5 Å². The Labute approximate surface area is 241 Å². The third-order valence-electron chi connectivity index (χ3n) is 7.55. The molecule has 3 aromatic heterocycles. The maximum absolute atomic E-state index is 13.5. The number of hydrogen-bond donors (Lipinski definition) is 3. The Morgan fingerprint density at radius 3 is 2.73 bits per heavy atom. The van der Waals surface area contributed by atoms with Gasteiger partial charge in [-0.25, -0.2) is 14.8 Å². The van der Waals surface area contributed by atoms with Crippen molar-refractivity contribution in [2.24, 2.45) is 5.92 Å². The number of anilines is 3. The lowest BCUT2D eigenvalue weighted by molar-refractivity contribution is -0.120. The number of benzene rings is 1. The van der Waals surface area contributed by atoms with Crippen molar-refractivity contribution in [2.45, 2.75) is 45.6 Å². The number of nitrogens with one attached hydrogen (secondary N) is 3. The molecule has 1 aromatic carbocycles. The highest BCUT2D eigenvalue weighted by Gasteiger charge is 2.35. The molecule has 2 aliphatic rings. The number of hydrogen-bond acceptors (Lipinski definition) is 7. The van der Waals surface area contributed by atoms with Gasteiger partial charge in [0.1, 0.15) is 15.5 Å². The Hall–Kier alpha value is -4.51. The summed E-state index contributed by atoms with van der Waals surface area (Å²) in [5.74, 6) is 1.02. The van der Waals surface area contributed by atoms with Gasteiger partial charge in [0.05, 0.1) is 28.1 Å². The summed E-state index contributed by atoms with van der Waals surface area (Å²) in [6.07, 6.45) is 4.84. The highest BCUT2D eigenvalue weighted by molar-refractivity contribution is 7.21. The minimum Gasteiger partial charge on any atom is -0.439 e. The van der Waals surface area contributed by atoms with E-state index in [9.17, 15) is 14.4 Å². The summed E-state index contributed by atoms with van der Waals surface area (Å²) in [5, 5.41) is 9.77. The average molecular weight is 571 g/mol. The molecule has 41 heavy (non-hydrogen) atoms. The van der Waals surface area contributed by atoms with E-state index in [0.717, 1.165) is 19.3 Å². The van der Waals surface area contributed by atoms with Gasteiger partial charge in [0.15, 0.2) is 0 Å². The summed E-state index contributed by atoms with van der Waals surface area (Å²) in [6, 6.07) is 14.2. The van der Waals surface area contributed by atoms with Gasteiger partial charge >= 0.3 is 6.03 Å². The van der Waals surface area contributed by atoms with Crippen molar-refractivity contribution >= 4 is 56.5 Å². The fraction of sp³-hybridized carbons (Fsp3) is 0.300. The van der Waals surface area contributed by atoms with Crippen molar-refractivity contribution in [1.29, 1.82) is 0 Å². The van der Waals surface area contributed by atoms with Crippen LogP contribution < -0.4 is 25.6 Å². The Balaban J connectivity index is 1.27. The zero-order chi connectivity index (χ0) is 28.5. The van der Waals surface area contributed by atoms with Crippen molar-refractivity contribution in [1.82, 2.24) is 20.6 Å². The predicted molar refractivity (Wildman–Crippen MR) is 158 cm³/mol. The largest absolute Gasteiger partial charge is 0.439 e. The molecule has 0 spiro atoms. The molecule has 0 unspecified atom stereocenters. The first kappa shape index (κ1) is 26.7. The fourth-order valence-electron chi connectivity index (χ4n) is 5.49. The van der Waals surface area contributed by atoms with Crippen LogP contribution in [0, 0.1) is 12.8 Å². The predicted octanol–water partition coefficient (Wildman–Crippen LogP) is 5.90. The first-order valence-corrected chi connectivity index (χ1v) is 14.5. The SMILES string of the molecule is CCC(=O)NC[C@H]1CCC[C@H]1NC(=O)c1sc2nccc3c2c1NC(=O)N3c1ccc(Oc2ccccc2)nc1C. The Kier molecular flexibility index (Phi) is 7.27. The number of thiophene rings is 1. The summed E-state index contributed by atoms with van der Waals surface area (Å²) in [5.41, 5.74) is 2.31. The van der Waals surface area contributed by atoms with Crippen molar-refractivity contribution in [3.05, 3.63) is 65.3 Å². The molecule has 10 nitrogen and oxygen atoms in total. The summed E-state index contributed by atoms with van der Waals surface area (Å²) in [6.45, 7) is 4.18. The average Bonchev–Trinajstić information content (AvgIpc) is 3.58. The Morgan fingerprint density at radius 1 is 1.12 bits per heavy atom. The van der Waals surface area contributed by atoms with Crippen LogP contribution in [0.2, 0.25) is 0 Å². The first-order chi connectivity index (χ1) is 19.9. The molecule has 210 valence electrons. The molecule has 3 N–H and O–H groups in total. The second kappa shape index (κ2) is 11.2. The van der Waals surface area contributed by atoms with E-state index < -0.39 is 0 Å². The molecule has 4 aromatic rings. The first-order valence-electron chi connectivity index (χ1n) is 13.7. The van der Waals surface area contributed by atoms with Gasteiger partial charge in [0.25, 0.3) is 5.91 Å². The molecular formula is C30H30N6O4S. The van der Waals surface area contributed by atoms with Gasteiger partial charge in [-0.05, 0) is 49.9 Å². The molecule has 6 rings (SSSR count). The normalized spacial score (nSPS) is 17.8. The number of aryl methyl sites for hydroxylation is 1. The monoisotopic (exact) mass is 570 g/mol. The van der Waals surface area contributed by atoms with Crippen molar-refractivity contribution in [2.75, 3.05) is 16.8 Å². The molecule has 11 heteroatoms. The summed E-state index contributed by atoms with van der Waals surface area (Å²) in [4.78, 5) is 50.5. The Morgan fingerprint density at radius 2 is 1.95 bits per heavy atom. The number of carbonyl (C=O) groups excluding carboxylic acids is 3. The van der Waals surface area contributed by atoms with Crippen molar-refractivity contribution < 1.29 is 19.1 Å². The summed E-state index contributed by atoms with van der Waals surface area (Å²) < 4.78 is 5.86. The van der Waals surface area contributed by atoms with E-state index in [4.69, 9.17) is 4.74 Å². The lowest BCUT2D eigenvalue weighted by Gasteiger charge is -2.29. The van der Waals surface area contributed by atoms with E-state index in [2.05, 4.69) is 25.9 Å². The fourth-order valence-corrected chi connectivity index (χ4v) is 6.51. The lowest BCUT2D eigenvalue weighted by atomic mass is 10.0. The summed E-state index contributed by atoms with van der Waals surface area (Å²) in [7, 11) is 0. The van der Waals surface area contributed by atoms with Crippen LogP contribution in [0.25, 0.3) is 10.2 Å².